The Labute approximate surface area is 108 Å². The molecule has 1 aromatic rings. The maximum atomic E-state index is 12.7. The lowest BCUT2D eigenvalue weighted by Gasteiger charge is -2.26. The van der Waals surface area contributed by atoms with Gasteiger partial charge in [0.2, 0.25) is 0 Å². The molecule has 0 radical (unpaired) electrons. The van der Waals surface area contributed by atoms with Crippen LogP contribution in [0.15, 0.2) is 6.07 Å². The molecule has 1 aliphatic rings. The van der Waals surface area contributed by atoms with Gasteiger partial charge in [-0.2, -0.15) is 13.2 Å². The molecule has 1 atom stereocenters. The zero-order chi connectivity index (χ0) is 14.2. The molecule has 2 rings (SSSR count). The van der Waals surface area contributed by atoms with Gasteiger partial charge in [-0.1, -0.05) is 6.92 Å². The minimum atomic E-state index is -4.23. The molecule has 0 spiro atoms. The normalized spacial score (nSPS) is 19.1. The van der Waals surface area contributed by atoms with Crippen LogP contribution in [0.2, 0.25) is 0 Å². The van der Waals surface area contributed by atoms with Gasteiger partial charge < -0.3 is 5.11 Å². The molecule has 0 aromatic carbocycles. The quantitative estimate of drug-likeness (QED) is 0.901. The second-order valence-electron chi connectivity index (χ2n) is 4.73. The summed E-state index contributed by atoms with van der Waals surface area (Å²) in [6.45, 7) is 1.78. The number of nitrogens with zero attached hydrogens (tertiary/aromatic N) is 1. The lowest BCUT2D eigenvalue weighted by atomic mass is 9.85. The highest BCUT2D eigenvalue weighted by molar-refractivity contribution is 5.89. The van der Waals surface area contributed by atoms with E-state index in [1.807, 2.05) is 0 Å². The predicted molar refractivity (Wildman–Crippen MR) is 62.1 cm³/mol. The molecule has 0 saturated heterocycles. The number of fused-ring (bicyclic) bond motifs is 1. The number of pyridine rings is 1. The third kappa shape index (κ3) is 2.72. The van der Waals surface area contributed by atoms with Crippen molar-refractivity contribution >= 4 is 5.97 Å². The Morgan fingerprint density at radius 2 is 2.21 bits per heavy atom. The number of carboxylic acids is 1. The SMILES string of the molecule is CCc1nc2c(cc1C(=O)O)CC(C(F)(F)F)CC2. The van der Waals surface area contributed by atoms with Gasteiger partial charge in [-0.05, 0) is 37.3 Å². The second kappa shape index (κ2) is 4.83. The fourth-order valence-electron chi connectivity index (χ4n) is 2.44. The third-order valence-electron chi connectivity index (χ3n) is 3.49. The van der Waals surface area contributed by atoms with E-state index in [1.165, 1.54) is 6.07 Å². The molecule has 104 valence electrons. The average molecular weight is 273 g/mol. The van der Waals surface area contributed by atoms with Crippen molar-refractivity contribution in [2.75, 3.05) is 0 Å². The van der Waals surface area contributed by atoms with Crippen LogP contribution in [0.25, 0.3) is 0 Å². The van der Waals surface area contributed by atoms with E-state index in [9.17, 15) is 18.0 Å². The molecule has 0 aliphatic heterocycles. The van der Waals surface area contributed by atoms with Crippen LogP contribution in [-0.2, 0) is 19.3 Å². The fourth-order valence-corrected chi connectivity index (χ4v) is 2.44. The number of rotatable bonds is 2. The van der Waals surface area contributed by atoms with Crippen molar-refractivity contribution in [3.63, 3.8) is 0 Å². The van der Waals surface area contributed by atoms with E-state index in [1.54, 1.807) is 6.92 Å². The summed E-state index contributed by atoms with van der Waals surface area (Å²) < 4.78 is 38.1. The first kappa shape index (κ1) is 13.8. The Morgan fingerprint density at radius 1 is 1.53 bits per heavy atom. The number of alkyl halides is 3. The van der Waals surface area contributed by atoms with Crippen molar-refractivity contribution < 1.29 is 23.1 Å². The molecule has 19 heavy (non-hydrogen) atoms. The second-order valence-corrected chi connectivity index (χ2v) is 4.73. The summed E-state index contributed by atoms with van der Waals surface area (Å²) >= 11 is 0. The van der Waals surface area contributed by atoms with E-state index >= 15 is 0 Å². The Bertz CT molecular complexity index is 511. The van der Waals surface area contributed by atoms with E-state index in [0.717, 1.165) is 0 Å². The molecule has 1 N–H and O–H groups in total. The highest BCUT2D eigenvalue weighted by Gasteiger charge is 2.41. The van der Waals surface area contributed by atoms with Crippen LogP contribution in [0, 0.1) is 5.92 Å². The van der Waals surface area contributed by atoms with Crippen LogP contribution in [-0.4, -0.2) is 22.2 Å². The Hall–Kier alpha value is -1.59. The van der Waals surface area contributed by atoms with Crippen molar-refractivity contribution in [2.24, 2.45) is 5.92 Å². The van der Waals surface area contributed by atoms with Crippen LogP contribution < -0.4 is 0 Å². The van der Waals surface area contributed by atoms with Gasteiger partial charge in [0.1, 0.15) is 0 Å². The molecule has 0 amide bonds. The van der Waals surface area contributed by atoms with E-state index < -0.39 is 18.1 Å². The topological polar surface area (TPSA) is 50.2 Å². The van der Waals surface area contributed by atoms with Gasteiger partial charge >= 0.3 is 12.1 Å². The molecule has 0 fully saturated rings. The van der Waals surface area contributed by atoms with Crippen LogP contribution in [0.1, 0.15) is 40.7 Å². The molecule has 0 bridgehead atoms. The molecule has 0 saturated carbocycles. The van der Waals surface area contributed by atoms with Crippen molar-refractivity contribution in [2.45, 2.75) is 38.8 Å². The van der Waals surface area contributed by atoms with Crippen LogP contribution in [0.5, 0.6) is 0 Å². The van der Waals surface area contributed by atoms with Gasteiger partial charge in [-0.3, -0.25) is 4.98 Å². The highest BCUT2D eigenvalue weighted by Crippen LogP contribution is 2.37. The van der Waals surface area contributed by atoms with Gasteiger partial charge in [0, 0.05) is 5.69 Å². The predicted octanol–water partition coefficient (Wildman–Crippen LogP) is 3.01. The minimum Gasteiger partial charge on any atom is -0.478 e. The van der Waals surface area contributed by atoms with Crippen molar-refractivity contribution in [3.05, 3.63) is 28.6 Å². The van der Waals surface area contributed by atoms with Crippen LogP contribution in [0.3, 0.4) is 0 Å². The molecular weight excluding hydrogens is 259 g/mol. The number of aryl methyl sites for hydroxylation is 2. The molecule has 1 aliphatic carbocycles. The van der Waals surface area contributed by atoms with Crippen LogP contribution >= 0.6 is 0 Å². The minimum absolute atomic E-state index is 0.0177. The van der Waals surface area contributed by atoms with E-state index in [4.69, 9.17) is 5.11 Å². The summed E-state index contributed by atoms with van der Waals surface area (Å²) in [4.78, 5) is 15.3. The Balaban J connectivity index is 2.40. The smallest absolute Gasteiger partial charge is 0.392 e. The number of aromatic carboxylic acids is 1. The summed E-state index contributed by atoms with van der Waals surface area (Å²) in [5, 5.41) is 9.06. The number of carboxylic acid groups (broad SMARTS) is 1. The fraction of sp³-hybridized carbons (Fsp3) is 0.538. The van der Waals surface area contributed by atoms with Crippen molar-refractivity contribution in [1.29, 1.82) is 0 Å². The molecule has 1 aromatic heterocycles. The first-order chi connectivity index (χ1) is 8.82. The zero-order valence-electron chi connectivity index (χ0n) is 10.4. The van der Waals surface area contributed by atoms with E-state index in [2.05, 4.69) is 4.98 Å². The van der Waals surface area contributed by atoms with Gasteiger partial charge in [-0.25, -0.2) is 4.79 Å². The van der Waals surface area contributed by atoms with Crippen molar-refractivity contribution in [3.8, 4) is 0 Å². The lowest BCUT2D eigenvalue weighted by Crippen LogP contribution is -2.29. The average Bonchev–Trinajstić information content (AvgIpc) is 2.35. The van der Waals surface area contributed by atoms with Crippen molar-refractivity contribution in [1.82, 2.24) is 4.98 Å². The van der Waals surface area contributed by atoms with Gasteiger partial charge in [0.25, 0.3) is 0 Å². The first-order valence-electron chi connectivity index (χ1n) is 6.14. The Kier molecular flexibility index (Phi) is 3.52. The largest absolute Gasteiger partial charge is 0.478 e. The number of hydrogen-bond acceptors (Lipinski definition) is 2. The third-order valence-corrected chi connectivity index (χ3v) is 3.49. The maximum absolute atomic E-state index is 12.7. The molecular formula is C13H14F3NO2. The van der Waals surface area contributed by atoms with Gasteiger partial charge in [0.15, 0.2) is 0 Å². The summed E-state index contributed by atoms with van der Waals surface area (Å²) in [6, 6.07) is 1.36. The van der Waals surface area contributed by atoms with E-state index in [-0.39, 0.29) is 24.8 Å². The van der Waals surface area contributed by atoms with Gasteiger partial charge in [0.05, 0.1) is 17.2 Å². The highest BCUT2D eigenvalue weighted by atomic mass is 19.4. The summed E-state index contributed by atoms with van der Waals surface area (Å²) in [6.07, 6.45) is -3.66. The van der Waals surface area contributed by atoms with Gasteiger partial charge in [-0.15, -0.1) is 0 Å². The Morgan fingerprint density at radius 3 is 2.74 bits per heavy atom. The summed E-state index contributed by atoms with van der Waals surface area (Å²) in [5.74, 6) is -2.53. The number of halogens is 3. The number of aromatic nitrogens is 1. The standard InChI is InChI=1S/C13H14F3NO2/c1-2-10-9(12(18)19)6-7-5-8(13(14,15)16)3-4-11(7)17-10/h6,8H,2-5H2,1H3,(H,18,19). The first-order valence-corrected chi connectivity index (χ1v) is 6.14. The zero-order valence-corrected chi connectivity index (χ0v) is 10.4. The number of hydrogen-bond donors (Lipinski definition) is 1. The monoisotopic (exact) mass is 273 g/mol. The summed E-state index contributed by atoms with van der Waals surface area (Å²) in [7, 11) is 0. The maximum Gasteiger partial charge on any atom is 0.392 e. The molecule has 6 heteroatoms. The summed E-state index contributed by atoms with van der Waals surface area (Å²) in [5.41, 5.74) is 1.49. The number of carbonyl (C=O) groups is 1. The molecule has 1 unspecified atom stereocenters. The molecule has 3 nitrogen and oxygen atoms in total. The molecule has 1 heterocycles. The lowest BCUT2D eigenvalue weighted by molar-refractivity contribution is -0.177. The van der Waals surface area contributed by atoms with E-state index in [0.29, 0.717) is 23.4 Å². The van der Waals surface area contributed by atoms with Crippen LogP contribution in [0.4, 0.5) is 13.2 Å².